The van der Waals surface area contributed by atoms with Gasteiger partial charge < -0.3 is 10.6 Å². The summed E-state index contributed by atoms with van der Waals surface area (Å²) in [5.41, 5.74) is -0.771. The Hall–Kier alpha value is -1.27. The fourth-order valence-electron chi connectivity index (χ4n) is 2.09. The van der Waals surface area contributed by atoms with Crippen molar-refractivity contribution in [3.8, 4) is 0 Å². The molecule has 0 spiro atoms. The van der Waals surface area contributed by atoms with Gasteiger partial charge in [-0.3, -0.25) is 4.79 Å². The molecule has 1 heterocycles. The minimum absolute atomic E-state index is 0. The number of carbonyl (C=O) groups is 1. The molecule has 1 unspecified atom stereocenters. The van der Waals surface area contributed by atoms with Crippen LogP contribution in [0, 0.1) is 0 Å². The zero-order valence-corrected chi connectivity index (χ0v) is 11.5. The van der Waals surface area contributed by atoms with E-state index < -0.39 is 17.6 Å². The fraction of sp³-hybridized carbons (Fsp3) is 0.462. The van der Waals surface area contributed by atoms with Crippen LogP contribution in [0.4, 0.5) is 13.2 Å². The van der Waals surface area contributed by atoms with Crippen molar-refractivity contribution in [1.29, 1.82) is 0 Å². The van der Waals surface area contributed by atoms with Gasteiger partial charge in [-0.25, -0.2) is 0 Å². The van der Waals surface area contributed by atoms with Crippen LogP contribution in [-0.2, 0) is 6.18 Å². The van der Waals surface area contributed by atoms with E-state index in [1.54, 1.807) is 0 Å². The number of halogens is 4. The van der Waals surface area contributed by atoms with Crippen molar-refractivity contribution < 1.29 is 18.0 Å². The molecule has 3 nitrogen and oxygen atoms in total. The monoisotopic (exact) mass is 308 g/mol. The molecule has 1 aromatic carbocycles. The molecule has 2 rings (SSSR count). The van der Waals surface area contributed by atoms with E-state index in [-0.39, 0.29) is 24.0 Å². The Morgan fingerprint density at radius 1 is 1.40 bits per heavy atom. The Labute approximate surface area is 121 Å². The highest BCUT2D eigenvalue weighted by Crippen LogP contribution is 2.29. The molecule has 0 bridgehead atoms. The summed E-state index contributed by atoms with van der Waals surface area (Å²) in [7, 11) is 0. The third kappa shape index (κ3) is 4.38. The lowest BCUT2D eigenvalue weighted by Crippen LogP contribution is -2.37. The van der Waals surface area contributed by atoms with Crippen molar-refractivity contribution in [2.24, 2.45) is 0 Å². The summed E-state index contributed by atoms with van der Waals surface area (Å²) in [6.07, 6.45) is -2.39. The summed E-state index contributed by atoms with van der Waals surface area (Å²) in [5.74, 6) is -0.472. The Balaban J connectivity index is 0.00000200. The summed E-state index contributed by atoms with van der Waals surface area (Å²) < 4.78 is 37.6. The lowest BCUT2D eigenvalue weighted by molar-refractivity contribution is -0.137. The summed E-state index contributed by atoms with van der Waals surface area (Å²) in [5, 5.41) is 5.86. The molecule has 0 radical (unpaired) electrons. The van der Waals surface area contributed by atoms with Crippen LogP contribution in [-0.4, -0.2) is 25.0 Å². The van der Waals surface area contributed by atoms with Gasteiger partial charge in [0, 0.05) is 18.2 Å². The van der Waals surface area contributed by atoms with Gasteiger partial charge in [0.15, 0.2) is 0 Å². The van der Waals surface area contributed by atoms with E-state index in [9.17, 15) is 18.0 Å². The Morgan fingerprint density at radius 3 is 2.75 bits per heavy atom. The smallest absolute Gasteiger partial charge is 0.350 e. The third-order valence-corrected chi connectivity index (χ3v) is 3.12. The van der Waals surface area contributed by atoms with Crippen molar-refractivity contribution in [3.63, 3.8) is 0 Å². The van der Waals surface area contributed by atoms with Crippen molar-refractivity contribution in [1.82, 2.24) is 10.6 Å². The van der Waals surface area contributed by atoms with Crippen LogP contribution in [0.15, 0.2) is 24.3 Å². The second kappa shape index (κ2) is 6.95. The third-order valence-electron chi connectivity index (χ3n) is 3.12. The predicted molar refractivity (Wildman–Crippen MR) is 72.0 cm³/mol. The van der Waals surface area contributed by atoms with Crippen molar-refractivity contribution in [2.75, 3.05) is 13.1 Å². The van der Waals surface area contributed by atoms with Gasteiger partial charge >= 0.3 is 6.18 Å². The molecule has 1 aliphatic heterocycles. The van der Waals surface area contributed by atoms with Crippen LogP contribution in [0.2, 0.25) is 0 Å². The average Bonchev–Trinajstić information content (AvgIpc) is 2.88. The normalized spacial score (nSPS) is 18.4. The highest BCUT2D eigenvalue weighted by molar-refractivity contribution is 5.94. The Bertz CT molecular complexity index is 459. The molecule has 2 N–H and O–H groups in total. The lowest BCUT2D eigenvalue weighted by atomic mass is 10.1. The molecule has 1 aromatic rings. The van der Waals surface area contributed by atoms with E-state index in [1.807, 2.05) is 0 Å². The van der Waals surface area contributed by atoms with E-state index in [2.05, 4.69) is 10.6 Å². The second-order valence-electron chi connectivity index (χ2n) is 4.58. The molecule has 1 saturated heterocycles. The molecule has 1 fully saturated rings. The summed E-state index contributed by atoms with van der Waals surface area (Å²) in [6.45, 7) is 1.36. The van der Waals surface area contributed by atoms with E-state index in [0.717, 1.165) is 31.5 Å². The Morgan fingerprint density at radius 2 is 2.15 bits per heavy atom. The van der Waals surface area contributed by atoms with Crippen molar-refractivity contribution in [2.45, 2.75) is 25.1 Å². The highest BCUT2D eigenvalue weighted by atomic mass is 35.5. The Kier molecular flexibility index (Phi) is 5.83. The van der Waals surface area contributed by atoms with Crippen LogP contribution >= 0.6 is 12.4 Å². The first kappa shape index (κ1) is 16.8. The van der Waals surface area contributed by atoms with Gasteiger partial charge in [-0.2, -0.15) is 13.2 Å². The number of rotatable bonds is 3. The number of carbonyl (C=O) groups excluding carboxylic acids is 1. The van der Waals surface area contributed by atoms with Gasteiger partial charge in [-0.1, -0.05) is 6.07 Å². The van der Waals surface area contributed by atoms with Gasteiger partial charge in [0.2, 0.25) is 0 Å². The van der Waals surface area contributed by atoms with Gasteiger partial charge in [0.25, 0.3) is 5.91 Å². The highest BCUT2D eigenvalue weighted by Gasteiger charge is 2.30. The minimum Gasteiger partial charge on any atom is -0.350 e. The van der Waals surface area contributed by atoms with Crippen LogP contribution in [0.1, 0.15) is 28.8 Å². The molecule has 1 amide bonds. The van der Waals surface area contributed by atoms with Gasteiger partial charge in [0.05, 0.1) is 5.56 Å². The van der Waals surface area contributed by atoms with E-state index in [4.69, 9.17) is 0 Å². The molecule has 0 aromatic heterocycles. The predicted octanol–water partition coefficient (Wildman–Crippen LogP) is 2.61. The average molecular weight is 309 g/mol. The second-order valence-corrected chi connectivity index (χ2v) is 4.58. The maximum atomic E-state index is 12.5. The lowest BCUT2D eigenvalue weighted by Gasteiger charge is -2.12. The maximum Gasteiger partial charge on any atom is 0.416 e. The zero-order valence-electron chi connectivity index (χ0n) is 10.7. The number of benzene rings is 1. The summed E-state index contributed by atoms with van der Waals surface area (Å²) in [4.78, 5) is 11.8. The first-order valence-corrected chi connectivity index (χ1v) is 6.15. The SMILES string of the molecule is Cl.O=C(NCC1CCCN1)c1cccc(C(F)(F)F)c1. The van der Waals surface area contributed by atoms with Gasteiger partial charge in [-0.05, 0) is 37.6 Å². The molecule has 7 heteroatoms. The summed E-state index contributed by atoms with van der Waals surface area (Å²) in [6, 6.07) is 4.67. The van der Waals surface area contributed by atoms with Gasteiger partial charge in [-0.15, -0.1) is 12.4 Å². The number of alkyl halides is 3. The topological polar surface area (TPSA) is 41.1 Å². The zero-order chi connectivity index (χ0) is 13.9. The molecular formula is C13H16ClF3N2O. The number of hydrogen-bond donors (Lipinski definition) is 2. The molecule has 20 heavy (non-hydrogen) atoms. The van der Waals surface area contributed by atoms with Crippen LogP contribution in [0.25, 0.3) is 0 Å². The first-order chi connectivity index (χ1) is 8.97. The largest absolute Gasteiger partial charge is 0.416 e. The number of hydrogen-bond acceptors (Lipinski definition) is 2. The standard InChI is InChI=1S/C13H15F3N2O.ClH/c14-13(15,16)10-4-1-3-9(7-10)12(19)18-8-11-5-2-6-17-11;/h1,3-4,7,11,17H,2,5-6,8H2,(H,18,19);1H. The summed E-state index contributed by atoms with van der Waals surface area (Å²) >= 11 is 0. The molecule has 1 aliphatic rings. The molecule has 1 atom stereocenters. The fourth-order valence-corrected chi connectivity index (χ4v) is 2.09. The number of amides is 1. The molecule has 0 saturated carbocycles. The quantitative estimate of drug-likeness (QED) is 0.901. The minimum atomic E-state index is -4.43. The van der Waals surface area contributed by atoms with E-state index in [1.165, 1.54) is 12.1 Å². The van der Waals surface area contributed by atoms with Crippen LogP contribution < -0.4 is 10.6 Å². The van der Waals surface area contributed by atoms with Gasteiger partial charge in [0.1, 0.15) is 0 Å². The maximum absolute atomic E-state index is 12.5. The van der Waals surface area contributed by atoms with Crippen molar-refractivity contribution in [3.05, 3.63) is 35.4 Å². The molecule has 0 aliphatic carbocycles. The van der Waals surface area contributed by atoms with Crippen LogP contribution in [0.5, 0.6) is 0 Å². The van der Waals surface area contributed by atoms with Crippen molar-refractivity contribution >= 4 is 18.3 Å². The van der Waals surface area contributed by atoms with E-state index in [0.29, 0.717) is 6.54 Å². The molecular weight excluding hydrogens is 293 g/mol. The molecule has 112 valence electrons. The first-order valence-electron chi connectivity index (χ1n) is 6.15. The number of nitrogens with one attached hydrogen (secondary N) is 2. The van der Waals surface area contributed by atoms with Crippen LogP contribution in [0.3, 0.4) is 0 Å². The van der Waals surface area contributed by atoms with E-state index >= 15 is 0 Å².